The summed E-state index contributed by atoms with van der Waals surface area (Å²) in [5, 5.41) is 18.4. The molecule has 16 heavy (non-hydrogen) atoms. The lowest BCUT2D eigenvalue weighted by Crippen LogP contribution is -2.37. The van der Waals surface area contributed by atoms with E-state index in [1.165, 1.54) is 4.90 Å². The van der Waals surface area contributed by atoms with Crippen LogP contribution in [0.25, 0.3) is 0 Å². The summed E-state index contributed by atoms with van der Waals surface area (Å²) in [6.45, 7) is 2.62. The predicted octanol–water partition coefficient (Wildman–Crippen LogP) is 0.129. The number of hydrogen-bond donors (Lipinski definition) is 2. The van der Waals surface area contributed by atoms with E-state index in [-0.39, 0.29) is 0 Å². The Morgan fingerprint density at radius 1 is 1.38 bits per heavy atom. The van der Waals surface area contributed by atoms with Crippen LogP contribution in [-0.4, -0.2) is 30.1 Å². The summed E-state index contributed by atoms with van der Waals surface area (Å²) in [7, 11) is -1.56. The van der Waals surface area contributed by atoms with Gasteiger partial charge in [0.25, 0.3) is 0 Å². The molecule has 0 saturated carbocycles. The highest BCUT2D eigenvalue weighted by molar-refractivity contribution is 6.60. The Labute approximate surface area is 95.7 Å². The van der Waals surface area contributed by atoms with E-state index >= 15 is 0 Å². The SMILES string of the molecule is CCCCN(C=O)c1ccccc1B(O)O. The first-order valence-electron chi connectivity index (χ1n) is 5.37. The van der Waals surface area contributed by atoms with Gasteiger partial charge in [0, 0.05) is 17.7 Å². The van der Waals surface area contributed by atoms with Gasteiger partial charge in [0.05, 0.1) is 0 Å². The highest BCUT2D eigenvalue weighted by Crippen LogP contribution is 2.10. The molecule has 0 fully saturated rings. The fourth-order valence-electron chi connectivity index (χ4n) is 1.53. The summed E-state index contributed by atoms with van der Waals surface area (Å²) in [6, 6.07) is 6.78. The Hall–Kier alpha value is -1.33. The van der Waals surface area contributed by atoms with Gasteiger partial charge in [-0.15, -0.1) is 0 Å². The normalized spacial score (nSPS) is 9.94. The standard InChI is InChI=1S/C11H16BNO3/c1-2-3-8-13(9-14)11-7-5-4-6-10(11)12(15)16/h4-7,9,15-16H,2-3,8H2,1H3. The molecule has 0 radical (unpaired) electrons. The molecule has 0 aliphatic rings. The Kier molecular flexibility index (Phi) is 5.02. The highest BCUT2D eigenvalue weighted by atomic mass is 16.4. The second kappa shape index (κ2) is 6.30. The van der Waals surface area contributed by atoms with Crippen molar-refractivity contribution in [3.05, 3.63) is 24.3 Å². The highest BCUT2D eigenvalue weighted by Gasteiger charge is 2.18. The molecule has 0 atom stereocenters. The van der Waals surface area contributed by atoms with Crippen LogP contribution < -0.4 is 10.4 Å². The van der Waals surface area contributed by atoms with Crippen molar-refractivity contribution in [1.82, 2.24) is 0 Å². The topological polar surface area (TPSA) is 60.8 Å². The summed E-state index contributed by atoms with van der Waals surface area (Å²) in [6.07, 6.45) is 2.58. The number of anilines is 1. The van der Waals surface area contributed by atoms with Gasteiger partial charge in [0.2, 0.25) is 6.41 Å². The van der Waals surface area contributed by atoms with Gasteiger partial charge in [-0.3, -0.25) is 4.79 Å². The van der Waals surface area contributed by atoms with E-state index in [1.807, 2.05) is 6.92 Å². The molecule has 1 aromatic carbocycles. The van der Waals surface area contributed by atoms with Gasteiger partial charge in [-0.1, -0.05) is 31.5 Å². The fourth-order valence-corrected chi connectivity index (χ4v) is 1.53. The zero-order chi connectivity index (χ0) is 12.0. The number of carbonyl (C=O) groups excluding carboxylic acids is 1. The quantitative estimate of drug-likeness (QED) is 0.530. The molecule has 0 aliphatic heterocycles. The lowest BCUT2D eigenvalue weighted by molar-refractivity contribution is -0.107. The lowest BCUT2D eigenvalue weighted by atomic mass is 9.78. The van der Waals surface area contributed by atoms with Crippen LogP contribution in [0.3, 0.4) is 0 Å². The molecule has 0 aromatic heterocycles. The molecule has 0 saturated heterocycles. The molecule has 2 N–H and O–H groups in total. The van der Waals surface area contributed by atoms with E-state index in [4.69, 9.17) is 0 Å². The summed E-state index contributed by atoms with van der Waals surface area (Å²) in [4.78, 5) is 12.4. The summed E-state index contributed by atoms with van der Waals surface area (Å²) >= 11 is 0. The molecule has 1 aromatic rings. The molecular formula is C11H16BNO3. The molecule has 0 unspecified atom stereocenters. The van der Waals surface area contributed by atoms with Crippen LogP contribution in [0.4, 0.5) is 5.69 Å². The van der Waals surface area contributed by atoms with Crippen LogP contribution in [0.1, 0.15) is 19.8 Å². The minimum absolute atomic E-state index is 0.353. The van der Waals surface area contributed by atoms with Crippen molar-refractivity contribution in [2.75, 3.05) is 11.4 Å². The molecule has 0 spiro atoms. The second-order valence-corrected chi connectivity index (χ2v) is 3.58. The first kappa shape index (κ1) is 12.7. The van der Waals surface area contributed by atoms with Crippen LogP contribution in [0.2, 0.25) is 0 Å². The Morgan fingerprint density at radius 2 is 2.06 bits per heavy atom. The maximum Gasteiger partial charge on any atom is 0.490 e. The van der Waals surface area contributed by atoms with E-state index < -0.39 is 7.12 Å². The van der Waals surface area contributed by atoms with Crippen LogP contribution in [0, 0.1) is 0 Å². The Bertz CT molecular complexity index is 344. The zero-order valence-corrected chi connectivity index (χ0v) is 9.34. The molecule has 86 valence electrons. The van der Waals surface area contributed by atoms with Gasteiger partial charge in [0.1, 0.15) is 0 Å². The number of benzene rings is 1. The van der Waals surface area contributed by atoms with E-state index in [9.17, 15) is 14.8 Å². The van der Waals surface area contributed by atoms with Crippen molar-refractivity contribution in [2.45, 2.75) is 19.8 Å². The van der Waals surface area contributed by atoms with E-state index in [1.54, 1.807) is 24.3 Å². The number of hydrogen-bond acceptors (Lipinski definition) is 3. The van der Waals surface area contributed by atoms with Crippen LogP contribution in [-0.2, 0) is 4.79 Å². The fraction of sp³-hybridized carbons (Fsp3) is 0.364. The number of rotatable bonds is 6. The molecule has 1 amide bonds. The molecular weight excluding hydrogens is 205 g/mol. The number of carbonyl (C=O) groups is 1. The largest absolute Gasteiger partial charge is 0.490 e. The minimum atomic E-state index is -1.56. The smallest absolute Gasteiger partial charge is 0.423 e. The van der Waals surface area contributed by atoms with Crippen LogP contribution >= 0.6 is 0 Å². The summed E-state index contributed by atoms with van der Waals surface area (Å²) in [5.41, 5.74) is 0.909. The van der Waals surface area contributed by atoms with Gasteiger partial charge in [-0.05, 0) is 12.5 Å². The van der Waals surface area contributed by atoms with Crippen molar-refractivity contribution in [3.63, 3.8) is 0 Å². The molecule has 1 rings (SSSR count). The molecule has 5 heteroatoms. The number of para-hydroxylation sites is 1. The third-order valence-electron chi connectivity index (χ3n) is 2.40. The average molecular weight is 221 g/mol. The van der Waals surface area contributed by atoms with Gasteiger partial charge >= 0.3 is 7.12 Å². The van der Waals surface area contributed by atoms with Crippen molar-refractivity contribution < 1.29 is 14.8 Å². The maximum atomic E-state index is 10.9. The van der Waals surface area contributed by atoms with Crippen molar-refractivity contribution >= 4 is 24.7 Å². The Balaban J connectivity index is 2.94. The van der Waals surface area contributed by atoms with Crippen LogP contribution in [0.15, 0.2) is 24.3 Å². The second-order valence-electron chi connectivity index (χ2n) is 3.58. The van der Waals surface area contributed by atoms with Crippen LogP contribution in [0.5, 0.6) is 0 Å². The maximum absolute atomic E-state index is 10.9. The molecule has 0 heterocycles. The van der Waals surface area contributed by atoms with Crippen molar-refractivity contribution in [2.24, 2.45) is 0 Å². The number of unbranched alkanes of at least 4 members (excludes halogenated alkanes) is 1. The van der Waals surface area contributed by atoms with E-state index in [2.05, 4.69) is 0 Å². The van der Waals surface area contributed by atoms with E-state index in [0.717, 1.165) is 19.3 Å². The molecule has 4 nitrogen and oxygen atoms in total. The molecule has 0 bridgehead atoms. The van der Waals surface area contributed by atoms with Gasteiger partial charge in [0.15, 0.2) is 0 Å². The van der Waals surface area contributed by atoms with Gasteiger partial charge in [-0.2, -0.15) is 0 Å². The minimum Gasteiger partial charge on any atom is -0.423 e. The predicted molar refractivity (Wildman–Crippen MR) is 64.6 cm³/mol. The zero-order valence-electron chi connectivity index (χ0n) is 9.34. The first-order chi connectivity index (χ1) is 7.70. The number of nitrogens with zero attached hydrogens (tertiary/aromatic N) is 1. The molecule has 0 aliphatic carbocycles. The summed E-state index contributed by atoms with van der Waals surface area (Å²) < 4.78 is 0. The van der Waals surface area contributed by atoms with Crippen molar-refractivity contribution in [1.29, 1.82) is 0 Å². The van der Waals surface area contributed by atoms with E-state index in [0.29, 0.717) is 17.7 Å². The van der Waals surface area contributed by atoms with Gasteiger partial charge in [-0.25, -0.2) is 0 Å². The van der Waals surface area contributed by atoms with Gasteiger partial charge < -0.3 is 14.9 Å². The third-order valence-corrected chi connectivity index (χ3v) is 2.40. The third kappa shape index (κ3) is 3.08. The van der Waals surface area contributed by atoms with Crippen molar-refractivity contribution in [3.8, 4) is 0 Å². The number of amides is 1. The Morgan fingerprint density at radius 3 is 2.62 bits per heavy atom. The lowest BCUT2D eigenvalue weighted by Gasteiger charge is -2.20. The summed E-state index contributed by atoms with van der Waals surface area (Å²) in [5.74, 6) is 0. The monoisotopic (exact) mass is 221 g/mol. The average Bonchev–Trinajstić information content (AvgIpc) is 2.30. The first-order valence-corrected chi connectivity index (χ1v) is 5.37.